The van der Waals surface area contributed by atoms with Crippen molar-refractivity contribution < 1.29 is 34.1 Å². The van der Waals surface area contributed by atoms with Crippen molar-refractivity contribution in [2.45, 2.75) is 12.8 Å². The zero-order chi connectivity index (χ0) is 17.9. The minimum Gasteiger partial charge on any atom is -0.0767 e. The van der Waals surface area contributed by atoms with E-state index in [0.717, 1.165) is 12.8 Å². The van der Waals surface area contributed by atoms with Crippen molar-refractivity contribution in [3.8, 4) is 0 Å². The molecule has 5 rings (SSSR count). The Bertz CT molecular complexity index is 702. The summed E-state index contributed by atoms with van der Waals surface area (Å²) in [5, 5.41) is 0. The summed E-state index contributed by atoms with van der Waals surface area (Å²) in [6.45, 7) is 0. The molecule has 0 nitrogen and oxygen atoms in total. The normalized spacial score (nSPS) is 19.4. The Balaban J connectivity index is 0.000000271. The molecule has 144 valence electrons. The van der Waals surface area contributed by atoms with Crippen molar-refractivity contribution in [1.82, 2.24) is 0 Å². The van der Waals surface area contributed by atoms with Gasteiger partial charge in [0.05, 0.1) is 0 Å². The summed E-state index contributed by atoms with van der Waals surface area (Å²) in [6, 6.07) is 0. The van der Waals surface area contributed by atoms with Crippen LogP contribution in [0.15, 0.2) is 120 Å². The van der Waals surface area contributed by atoms with Crippen LogP contribution >= 0.6 is 0 Å². The zero-order valence-electron chi connectivity index (χ0n) is 15.7. The van der Waals surface area contributed by atoms with E-state index < -0.39 is 0 Å². The van der Waals surface area contributed by atoms with E-state index in [4.69, 9.17) is 0 Å². The summed E-state index contributed by atoms with van der Waals surface area (Å²) < 4.78 is 0. The predicted octanol–water partition coefficient (Wildman–Crippen LogP) is 6.66. The van der Waals surface area contributed by atoms with Gasteiger partial charge in [-0.25, -0.2) is 0 Å². The summed E-state index contributed by atoms with van der Waals surface area (Å²) in [6.07, 6.45) is 44.0. The minimum atomic E-state index is 0. The van der Waals surface area contributed by atoms with E-state index in [-0.39, 0.29) is 34.1 Å². The third kappa shape index (κ3) is 8.21. The van der Waals surface area contributed by atoms with E-state index in [9.17, 15) is 0 Å². The molecule has 5 aliphatic carbocycles. The van der Waals surface area contributed by atoms with Crippen molar-refractivity contribution >= 4 is 0 Å². The van der Waals surface area contributed by atoms with Gasteiger partial charge in [0.2, 0.25) is 0 Å². The molecule has 0 atom stereocenters. The van der Waals surface area contributed by atoms with Crippen LogP contribution in [-0.2, 0) is 34.1 Å². The Morgan fingerprint density at radius 3 is 1.04 bits per heavy atom. The molecule has 0 aromatic rings. The van der Waals surface area contributed by atoms with Crippen molar-refractivity contribution in [2.75, 3.05) is 0 Å². The molecule has 0 aliphatic heterocycles. The van der Waals surface area contributed by atoms with Crippen molar-refractivity contribution in [3.05, 3.63) is 145 Å². The van der Waals surface area contributed by atoms with Gasteiger partial charge in [-0.2, -0.15) is 0 Å². The van der Waals surface area contributed by atoms with E-state index in [1.807, 2.05) is 61.4 Å². The molecule has 0 N–H and O–H groups in total. The first-order valence-corrected chi connectivity index (χ1v) is 9.09. The van der Waals surface area contributed by atoms with Crippen LogP contribution in [0.1, 0.15) is 12.8 Å². The second kappa shape index (κ2) is 14.4. The molecule has 0 bridgehead atoms. The fourth-order valence-electron chi connectivity index (χ4n) is 2.92. The number of rotatable bonds is 2. The molecule has 5 aliphatic rings. The Kier molecular flexibility index (Phi) is 12.6. The summed E-state index contributed by atoms with van der Waals surface area (Å²) >= 11 is 0. The van der Waals surface area contributed by atoms with Gasteiger partial charge in [0.1, 0.15) is 0 Å². The maximum Gasteiger partial charge on any atom is 0.0127 e. The van der Waals surface area contributed by atoms with E-state index in [0.29, 0.717) is 0 Å². The van der Waals surface area contributed by atoms with Gasteiger partial charge in [0, 0.05) is 59.8 Å². The fraction of sp³-hybridized carbons (Fsp3) is 0.0769. The molecule has 0 saturated carbocycles. The predicted molar refractivity (Wildman–Crippen MR) is 114 cm³/mol. The summed E-state index contributed by atoms with van der Waals surface area (Å²) in [7, 11) is 0. The van der Waals surface area contributed by atoms with Gasteiger partial charge < -0.3 is 0 Å². The van der Waals surface area contributed by atoms with Crippen LogP contribution in [0.5, 0.6) is 0 Å². The molecule has 0 saturated heterocycles. The molecule has 0 amide bonds. The van der Waals surface area contributed by atoms with Crippen LogP contribution in [0.4, 0.5) is 0 Å². The van der Waals surface area contributed by atoms with Crippen LogP contribution < -0.4 is 0 Å². The van der Waals surface area contributed by atoms with Crippen LogP contribution in [0.25, 0.3) is 0 Å². The summed E-state index contributed by atoms with van der Waals surface area (Å²) in [4.78, 5) is 0. The molecule has 0 fully saturated rings. The SMILES string of the molecule is [CH]1C=CC=C1.[CH]1C=CC=C1.[CH]1C=CC=C1C1=CCC(C2=CC=C[CH]2)=CC1.[Fe].[Fe]. The molecule has 4 radical (unpaired) electrons. The summed E-state index contributed by atoms with van der Waals surface area (Å²) in [5.74, 6) is 0. The Labute approximate surface area is 191 Å². The third-order valence-corrected chi connectivity index (χ3v) is 4.31. The molecule has 0 aromatic carbocycles. The van der Waals surface area contributed by atoms with E-state index in [1.54, 1.807) is 0 Å². The molecule has 2 heteroatoms. The molecule has 0 spiro atoms. The second-order valence-corrected chi connectivity index (χ2v) is 6.14. The van der Waals surface area contributed by atoms with Crippen LogP contribution in [0, 0.1) is 25.7 Å². The smallest absolute Gasteiger partial charge is 0.0127 e. The van der Waals surface area contributed by atoms with Gasteiger partial charge in [-0.1, -0.05) is 97.2 Å². The maximum atomic E-state index is 2.36. The summed E-state index contributed by atoms with van der Waals surface area (Å²) in [5.41, 5.74) is 5.66. The monoisotopic (exact) mass is 448 g/mol. The van der Waals surface area contributed by atoms with Gasteiger partial charge in [-0.3, -0.25) is 0 Å². The average molecular weight is 448 g/mol. The first kappa shape index (κ1) is 24.5. The second-order valence-electron chi connectivity index (χ2n) is 6.14. The Morgan fingerprint density at radius 1 is 0.429 bits per heavy atom. The maximum absolute atomic E-state index is 2.36. The van der Waals surface area contributed by atoms with Gasteiger partial charge in [-0.05, 0) is 35.1 Å². The van der Waals surface area contributed by atoms with Crippen LogP contribution in [-0.4, -0.2) is 0 Å². The minimum absolute atomic E-state index is 0. The molecule has 0 aromatic heterocycles. The van der Waals surface area contributed by atoms with Gasteiger partial charge in [0.15, 0.2) is 0 Å². The van der Waals surface area contributed by atoms with Crippen molar-refractivity contribution in [2.24, 2.45) is 0 Å². The molecular weight excluding hydrogens is 424 g/mol. The first-order valence-electron chi connectivity index (χ1n) is 9.09. The Morgan fingerprint density at radius 2 is 0.821 bits per heavy atom. The van der Waals surface area contributed by atoms with Crippen molar-refractivity contribution in [1.29, 1.82) is 0 Å². The quantitative estimate of drug-likeness (QED) is 0.415. The van der Waals surface area contributed by atoms with E-state index >= 15 is 0 Å². The number of hydrogen-bond donors (Lipinski definition) is 0. The third-order valence-electron chi connectivity index (χ3n) is 4.31. The van der Waals surface area contributed by atoms with Gasteiger partial charge >= 0.3 is 0 Å². The number of allylic oxidation sites excluding steroid dienone is 20. The standard InChI is InChI=1S/C16H14.2C5H5.2Fe/c1-2-6-13(5-1)15-9-11-16(12-10-15)14-7-3-4-8-14;2*1-2-4-5-3-1;;/h1-9,12H,10-11H2;2*1-5H;;. The Hall–Kier alpha value is -1.56. The van der Waals surface area contributed by atoms with E-state index in [2.05, 4.69) is 61.4 Å². The van der Waals surface area contributed by atoms with E-state index in [1.165, 1.54) is 22.3 Å². The topological polar surface area (TPSA) is 0 Å². The van der Waals surface area contributed by atoms with Gasteiger partial charge in [-0.15, -0.1) is 0 Å². The fourth-order valence-corrected chi connectivity index (χ4v) is 2.92. The van der Waals surface area contributed by atoms with Crippen molar-refractivity contribution in [3.63, 3.8) is 0 Å². The van der Waals surface area contributed by atoms with Crippen LogP contribution in [0.2, 0.25) is 0 Å². The largest absolute Gasteiger partial charge is 0.0767 e. The molecule has 0 unspecified atom stereocenters. The molecular formula is C26H24Fe2. The molecule has 28 heavy (non-hydrogen) atoms. The number of hydrogen-bond acceptors (Lipinski definition) is 0. The average Bonchev–Trinajstić information content (AvgIpc) is 3.50. The molecule has 0 heterocycles. The van der Waals surface area contributed by atoms with Gasteiger partial charge in [0.25, 0.3) is 0 Å². The first-order chi connectivity index (χ1) is 12.9. The zero-order valence-corrected chi connectivity index (χ0v) is 17.9. The van der Waals surface area contributed by atoms with Crippen LogP contribution in [0.3, 0.4) is 0 Å².